The zero-order chi connectivity index (χ0) is 13.9. The van der Waals surface area contributed by atoms with Gasteiger partial charge in [0, 0.05) is 19.7 Å². The first-order valence-electron chi connectivity index (χ1n) is 8.44. The van der Waals surface area contributed by atoms with Crippen molar-refractivity contribution in [2.24, 2.45) is 5.92 Å². The number of likely N-dealkylation sites (tertiary alicyclic amines) is 2. The number of carbonyl (C=O) groups is 1. The van der Waals surface area contributed by atoms with Crippen molar-refractivity contribution in [2.75, 3.05) is 32.8 Å². The summed E-state index contributed by atoms with van der Waals surface area (Å²) in [5.41, 5.74) is 0. The number of ether oxygens (including phenoxy) is 1. The van der Waals surface area contributed by atoms with Crippen LogP contribution in [0, 0.1) is 5.92 Å². The number of nitrogens with zero attached hydrogens (tertiary/aromatic N) is 2. The normalized spacial score (nSPS) is 29.6. The zero-order valence-electron chi connectivity index (χ0n) is 12.7. The lowest BCUT2D eigenvalue weighted by Crippen LogP contribution is -2.53. The summed E-state index contributed by atoms with van der Waals surface area (Å²) in [5, 5.41) is 0. The molecular weight excluding hydrogens is 252 g/mol. The van der Waals surface area contributed by atoms with Crippen molar-refractivity contribution < 1.29 is 9.53 Å². The first-order valence-corrected chi connectivity index (χ1v) is 8.44. The van der Waals surface area contributed by atoms with Gasteiger partial charge in [-0.15, -0.1) is 0 Å². The largest absolute Gasteiger partial charge is 0.377 e. The number of carbonyl (C=O) groups excluding carboxylic acids is 1. The van der Waals surface area contributed by atoms with Gasteiger partial charge in [0.05, 0.1) is 12.1 Å². The fraction of sp³-hybridized carbons (Fsp3) is 0.938. The van der Waals surface area contributed by atoms with E-state index in [9.17, 15) is 4.79 Å². The molecule has 3 rings (SSSR count). The standard InChI is InChI=1S/C16H28N2O2/c1-2-20-14-6-5-11-18(12-14)16(19)15(13-7-8-13)17-9-3-4-10-17/h13-15H,2-12H2,1H3. The van der Waals surface area contributed by atoms with Crippen molar-refractivity contribution in [1.29, 1.82) is 0 Å². The lowest BCUT2D eigenvalue weighted by atomic mass is 10.0. The summed E-state index contributed by atoms with van der Waals surface area (Å²) >= 11 is 0. The van der Waals surface area contributed by atoms with Crippen molar-refractivity contribution in [2.45, 2.75) is 57.6 Å². The maximum absolute atomic E-state index is 12.9. The molecule has 3 fully saturated rings. The molecule has 0 aromatic carbocycles. The topological polar surface area (TPSA) is 32.8 Å². The summed E-state index contributed by atoms with van der Waals surface area (Å²) < 4.78 is 5.74. The fourth-order valence-corrected chi connectivity index (χ4v) is 3.78. The molecule has 4 nitrogen and oxygen atoms in total. The Balaban J connectivity index is 1.63. The van der Waals surface area contributed by atoms with Crippen LogP contribution in [0.5, 0.6) is 0 Å². The summed E-state index contributed by atoms with van der Waals surface area (Å²) in [4.78, 5) is 17.5. The minimum atomic E-state index is 0.179. The van der Waals surface area contributed by atoms with E-state index in [2.05, 4.69) is 9.80 Å². The van der Waals surface area contributed by atoms with E-state index in [0.29, 0.717) is 11.8 Å². The minimum Gasteiger partial charge on any atom is -0.377 e. The highest BCUT2D eigenvalue weighted by molar-refractivity contribution is 5.82. The Bertz CT molecular complexity index is 335. The minimum absolute atomic E-state index is 0.179. The predicted molar refractivity (Wildman–Crippen MR) is 78.5 cm³/mol. The van der Waals surface area contributed by atoms with Crippen molar-refractivity contribution in [3.05, 3.63) is 0 Å². The van der Waals surface area contributed by atoms with Crippen LogP contribution in [-0.4, -0.2) is 60.6 Å². The zero-order valence-corrected chi connectivity index (χ0v) is 12.7. The first kappa shape index (κ1) is 14.3. The molecule has 0 aromatic heterocycles. The van der Waals surface area contributed by atoms with Crippen LogP contribution in [0.2, 0.25) is 0 Å². The Hall–Kier alpha value is -0.610. The molecule has 0 bridgehead atoms. The highest BCUT2D eigenvalue weighted by Gasteiger charge is 2.43. The number of amides is 1. The molecule has 0 radical (unpaired) electrons. The Kier molecular flexibility index (Phi) is 4.61. The average molecular weight is 280 g/mol. The van der Waals surface area contributed by atoms with Crippen LogP contribution in [0.15, 0.2) is 0 Å². The van der Waals surface area contributed by atoms with E-state index < -0.39 is 0 Å². The Morgan fingerprint density at radius 3 is 2.55 bits per heavy atom. The summed E-state index contributed by atoms with van der Waals surface area (Å²) in [6, 6.07) is 0.179. The Morgan fingerprint density at radius 2 is 1.90 bits per heavy atom. The van der Waals surface area contributed by atoms with E-state index in [4.69, 9.17) is 4.74 Å². The molecule has 20 heavy (non-hydrogen) atoms. The van der Waals surface area contributed by atoms with Gasteiger partial charge >= 0.3 is 0 Å². The smallest absolute Gasteiger partial charge is 0.240 e. The van der Waals surface area contributed by atoms with Crippen LogP contribution in [-0.2, 0) is 9.53 Å². The molecule has 0 aromatic rings. The third-order valence-electron chi connectivity index (χ3n) is 4.95. The van der Waals surface area contributed by atoms with Gasteiger partial charge in [-0.25, -0.2) is 0 Å². The lowest BCUT2D eigenvalue weighted by Gasteiger charge is -2.37. The van der Waals surface area contributed by atoms with Gasteiger partial charge in [-0.3, -0.25) is 9.69 Å². The molecule has 1 amide bonds. The molecule has 2 atom stereocenters. The first-order chi connectivity index (χ1) is 9.79. The molecule has 0 N–H and O–H groups in total. The van der Waals surface area contributed by atoms with Crippen LogP contribution >= 0.6 is 0 Å². The van der Waals surface area contributed by atoms with E-state index >= 15 is 0 Å². The summed E-state index contributed by atoms with van der Waals surface area (Å²) in [6.07, 6.45) is 7.47. The fourth-order valence-electron chi connectivity index (χ4n) is 3.78. The molecule has 2 heterocycles. The summed E-state index contributed by atoms with van der Waals surface area (Å²) in [7, 11) is 0. The van der Waals surface area contributed by atoms with Crippen LogP contribution in [0.1, 0.15) is 45.4 Å². The van der Waals surface area contributed by atoms with Gasteiger partial charge in [0.15, 0.2) is 0 Å². The molecule has 114 valence electrons. The molecule has 3 aliphatic rings. The quantitative estimate of drug-likeness (QED) is 0.771. The number of hydrogen-bond acceptors (Lipinski definition) is 3. The Labute approximate surface area is 122 Å². The van der Waals surface area contributed by atoms with Gasteiger partial charge in [0.2, 0.25) is 5.91 Å². The lowest BCUT2D eigenvalue weighted by molar-refractivity contribution is -0.141. The van der Waals surface area contributed by atoms with Crippen molar-refractivity contribution in [3.8, 4) is 0 Å². The molecule has 4 heteroatoms. The van der Waals surface area contributed by atoms with Gasteiger partial charge in [-0.1, -0.05) is 0 Å². The van der Waals surface area contributed by atoms with Gasteiger partial charge < -0.3 is 9.64 Å². The maximum Gasteiger partial charge on any atom is 0.240 e. The second-order valence-electron chi connectivity index (χ2n) is 6.53. The van der Waals surface area contributed by atoms with Gasteiger partial charge in [-0.2, -0.15) is 0 Å². The van der Waals surface area contributed by atoms with E-state index in [1.807, 2.05) is 6.92 Å². The highest BCUT2D eigenvalue weighted by Crippen LogP contribution is 2.37. The highest BCUT2D eigenvalue weighted by atomic mass is 16.5. The van der Waals surface area contributed by atoms with Gasteiger partial charge in [-0.05, 0) is 64.5 Å². The summed E-state index contributed by atoms with van der Waals surface area (Å²) in [5.74, 6) is 1.02. The maximum atomic E-state index is 12.9. The second-order valence-corrected chi connectivity index (χ2v) is 6.53. The summed E-state index contributed by atoms with van der Waals surface area (Å²) in [6.45, 7) is 6.78. The van der Waals surface area contributed by atoms with Crippen molar-refractivity contribution >= 4 is 5.91 Å². The number of hydrogen-bond donors (Lipinski definition) is 0. The number of rotatable bonds is 5. The van der Waals surface area contributed by atoms with Crippen LogP contribution < -0.4 is 0 Å². The molecular formula is C16H28N2O2. The van der Waals surface area contributed by atoms with Crippen LogP contribution in [0.25, 0.3) is 0 Å². The monoisotopic (exact) mass is 280 g/mol. The second kappa shape index (κ2) is 6.44. The van der Waals surface area contributed by atoms with E-state index in [1.165, 1.54) is 25.7 Å². The SMILES string of the molecule is CCOC1CCCN(C(=O)C(C2CC2)N2CCCC2)C1. The van der Waals surface area contributed by atoms with Crippen molar-refractivity contribution in [1.82, 2.24) is 9.80 Å². The predicted octanol–water partition coefficient (Wildman–Crippen LogP) is 1.89. The van der Waals surface area contributed by atoms with E-state index in [0.717, 1.165) is 45.6 Å². The molecule has 1 saturated carbocycles. The third-order valence-corrected chi connectivity index (χ3v) is 4.95. The van der Waals surface area contributed by atoms with E-state index in [1.54, 1.807) is 0 Å². The van der Waals surface area contributed by atoms with Gasteiger partial charge in [0.25, 0.3) is 0 Å². The number of piperidine rings is 1. The molecule has 2 unspecified atom stereocenters. The van der Waals surface area contributed by atoms with Crippen molar-refractivity contribution in [3.63, 3.8) is 0 Å². The van der Waals surface area contributed by atoms with Crippen LogP contribution in [0.4, 0.5) is 0 Å². The Morgan fingerprint density at radius 1 is 1.15 bits per heavy atom. The van der Waals surface area contributed by atoms with E-state index in [-0.39, 0.29) is 12.1 Å². The molecule has 1 aliphatic carbocycles. The van der Waals surface area contributed by atoms with Gasteiger partial charge in [0.1, 0.15) is 0 Å². The van der Waals surface area contributed by atoms with Crippen LogP contribution in [0.3, 0.4) is 0 Å². The molecule has 2 aliphatic heterocycles. The third kappa shape index (κ3) is 3.17. The molecule has 0 spiro atoms. The molecule has 2 saturated heterocycles. The average Bonchev–Trinajstić information content (AvgIpc) is 3.14.